The van der Waals surface area contributed by atoms with Crippen LogP contribution in [0.3, 0.4) is 0 Å². The molecule has 0 heterocycles. The normalized spacial score (nSPS) is 9.81. The first-order chi connectivity index (χ1) is 13.8. The Bertz CT molecular complexity index is 960. The van der Waals surface area contributed by atoms with Crippen molar-refractivity contribution in [2.45, 2.75) is 66.5 Å². The average molecular weight is 519 g/mol. The van der Waals surface area contributed by atoms with Gasteiger partial charge in [0.2, 0.25) is 0 Å². The fraction of sp³-hybridized carbons (Fsp3) is 0.357. The minimum Gasteiger partial charge on any atom is -1.00 e. The van der Waals surface area contributed by atoms with E-state index in [1.165, 1.54) is 43.8 Å². The standard InChI is InChI=1S/2C13H15.C2H6Si.2ClH.Ti/c2*1-9(2)12-6-4-5-11-7-10(3)8-13(11)12;1-3-2;;;/h2*4-9H,1-3H3;1-2H3;2*1H;/q2*-1;;;;+4/p-2. The number of aryl methyl sites for hydroxylation is 2. The molecule has 0 fully saturated rings. The van der Waals surface area contributed by atoms with E-state index in [9.17, 15) is 0 Å². The molecule has 0 aliphatic rings. The quantitative estimate of drug-likeness (QED) is 0.283. The van der Waals surface area contributed by atoms with Gasteiger partial charge in [-0.3, -0.25) is 0 Å². The second-order valence-electron chi connectivity index (χ2n) is 8.58. The van der Waals surface area contributed by atoms with Gasteiger partial charge >= 0.3 is 21.7 Å². The van der Waals surface area contributed by atoms with Crippen molar-refractivity contribution >= 4 is 31.1 Å². The molecule has 0 saturated carbocycles. The summed E-state index contributed by atoms with van der Waals surface area (Å²) in [6.45, 7) is 17.6. The molecule has 2 radical (unpaired) electrons. The second-order valence-corrected chi connectivity index (χ2v) is 9.58. The molecule has 0 amide bonds. The Hall–Kier alpha value is -0.829. The third-order valence-electron chi connectivity index (χ3n) is 5.10. The molecule has 0 aliphatic carbocycles. The van der Waals surface area contributed by atoms with Crippen LogP contribution in [0.25, 0.3) is 21.5 Å². The van der Waals surface area contributed by atoms with Crippen LogP contribution in [0.2, 0.25) is 13.1 Å². The van der Waals surface area contributed by atoms with Gasteiger partial charge in [0.05, 0.1) is 0 Å². The Labute approximate surface area is 225 Å². The summed E-state index contributed by atoms with van der Waals surface area (Å²) in [6.07, 6.45) is 0. The van der Waals surface area contributed by atoms with Crippen LogP contribution in [0, 0.1) is 13.8 Å². The molecule has 4 aromatic rings. The molecule has 0 saturated heterocycles. The van der Waals surface area contributed by atoms with E-state index >= 15 is 0 Å². The smallest absolute Gasteiger partial charge is 1.00 e. The molecule has 4 heteroatoms. The maximum Gasteiger partial charge on any atom is 4.00 e. The van der Waals surface area contributed by atoms with Gasteiger partial charge in [-0.15, -0.1) is 69.1 Å². The first-order valence-electron chi connectivity index (χ1n) is 10.7. The zero-order chi connectivity index (χ0) is 21.6. The maximum atomic E-state index is 2.28. The molecular weight excluding hydrogens is 483 g/mol. The van der Waals surface area contributed by atoms with Gasteiger partial charge in [0, 0.05) is 9.52 Å². The fourth-order valence-corrected chi connectivity index (χ4v) is 3.82. The molecule has 0 aliphatic heterocycles. The summed E-state index contributed by atoms with van der Waals surface area (Å²) in [5, 5.41) is 5.61. The van der Waals surface area contributed by atoms with E-state index in [0.717, 1.165) is 9.52 Å². The summed E-state index contributed by atoms with van der Waals surface area (Å²) < 4.78 is 0. The predicted molar refractivity (Wildman–Crippen MR) is 134 cm³/mol. The number of halogens is 2. The Morgan fingerprint density at radius 3 is 1.25 bits per heavy atom. The molecule has 0 atom stereocenters. The van der Waals surface area contributed by atoms with Gasteiger partial charge in [-0.1, -0.05) is 77.9 Å². The molecular formula is C28H36Cl2SiTi. The van der Waals surface area contributed by atoms with Crippen LogP contribution < -0.4 is 24.8 Å². The van der Waals surface area contributed by atoms with Gasteiger partial charge in [-0.2, -0.15) is 12.1 Å². The summed E-state index contributed by atoms with van der Waals surface area (Å²) in [7, 11) is 1.08. The third-order valence-corrected chi connectivity index (χ3v) is 5.10. The molecule has 170 valence electrons. The monoisotopic (exact) mass is 518 g/mol. The third kappa shape index (κ3) is 8.84. The minimum atomic E-state index is 0. The summed E-state index contributed by atoms with van der Waals surface area (Å²) >= 11 is 0. The number of rotatable bonds is 2. The van der Waals surface area contributed by atoms with Crippen molar-refractivity contribution in [3.8, 4) is 0 Å². The van der Waals surface area contributed by atoms with Crippen LogP contribution >= 0.6 is 0 Å². The van der Waals surface area contributed by atoms with E-state index in [0.29, 0.717) is 11.8 Å². The number of fused-ring (bicyclic) bond motifs is 2. The van der Waals surface area contributed by atoms with E-state index in [-0.39, 0.29) is 46.5 Å². The molecule has 32 heavy (non-hydrogen) atoms. The Morgan fingerprint density at radius 2 is 0.969 bits per heavy atom. The van der Waals surface area contributed by atoms with Gasteiger partial charge in [-0.25, -0.2) is 0 Å². The SMILES string of the molecule is C[Si]C.Cc1cc2c(C(C)C)cccc2[cH-]1.Cc1cc2c(C(C)C)cccc2[cH-]1.[Cl-].[Cl-].[Ti+4]. The van der Waals surface area contributed by atoms with Crippen molar-refractivity contribution < 1.29 is 46.5 Å². The molecule has 0 unspecified atom stereocenters. The van der Waals surface area contributed by atoms with E-state index in [2.05, 4.69) is 115 Å². The fourth-order valence-electron chi connectivity index (χ4n) is 3.82. The van der Waals surface area contributed by atoms with Crippen LogP contribution in [0.1, 0.15) is 61.8 Å². The molecule has 0 N–H and O–H groups in total. The average Bonchev–Trinajstić information content (AvgIpc) is 3.22. The predicted octanol–water partition coefficient (Wildman–Crippen LogP) is 2.77. The molecule has 0 spiro atoms. The van der Waals surface area contributed by atoms with Crippen LogP contribution in [-0.4, -0.2) is 9.52 Å². The molecule has 0 aromatic heterocycles. The van der Waals surface area contributed by atoms with Crippen molar-refractivity contribution in [3.63, 3.8) is 0 Å². The van der Waals surface area contributed by atoms with Crippen LogP contribution in [0.15, 0.2) is 60.7 Å². The minimum absolute atomic E-state index is 0. The zero-order valence-corrected chi connectivity index (χ0v) is 24.8. The Balaban J connectivity index is 0. The van der Waals surface area contributed by atoms with Gasteiger partial charge < -0.3 is 24.8 Å². The van der Waals surface area contributed by atoms with Crippen molar-refractivity contribution in [2.24, 2.45) is 0 Å². The molecule has 4 rings (SSSR count). The number of hydrogen-bond donors (Lipinski definition) is 0. The van der Waals surface area contributed by atoms with E-state index < -0.39 is 0 Å². The Morgan fingerprint density at radius 1 is 0.656 bits per heavy atom. The number of benzene rings is 2. The number of hydrogen-bond acceptors (Lipinski definition) is 0. The van der Waals surface area contributed by atoms with E-state index in [1.54, 1.807) is 0 Å². The van der Waals surface area contributed by atoms with Crippen molar-refractivity contribution in [3.05, 3.63) is 82.9 Å². The van der Waals surface area contributed by atoms with Crippen LogP contribution in [0.5, 0.6) is 0 Å². The molecule has 0 bridgehead atoms. The first kappa shape index (κ1) is 33.3. The summed E-state index contributed by atoms with van der Waals surface area (Å²) in [6, 6.07) is 22.2. The first-order valence-corrected chi connectivity index (χ1v) is 12.7. The van der Waals surface area contributed by atoms with Gasteiger partial charge in [0.15, 0.2) is 0 Å². The maximum absolute atomic E-state index is 2.28. The topological polar surface area (TPSA) is 0 Å². The van der Waals surface area contributed by atoms with Crippen LogP contribution in [-0.2, 0) is 21.7 Å². The van der Waals surface area contributed by atoms with Crippen molar-refractivity contribution in [2.75, 3.05) is 0 Å². The van der Waals surface area contributed by atoms with Crippen molar-refractivity contribution in [1.82, 2.24) is 0 Å². The van der Waals surface area contributed by atoms with Gasteiger partial charge in [0.25, 0.3) is 0 Å². The zero-order valence-electron chi connectivity index (χ0n) is 20.7. The summed E-state index contributed by atoms with van der Waals surface area (Å²) in [5.74, 6) is 1.23. The van der Waals surface area contributed by atoms with Crippen molar-refractivity contribution in [1.29, 1.82) is 0 Å². The summed E-state index contributed by atoms with van der Waals surface area (Å²) in [5.41, 5.74) is 5.66. The Kier molecular flexibility index (Phi) is 16.6. The molecule has 4 aromatic carbocycles. The summed E-state index contributed by atoms with van der Waals surface area (Å²) in [4.78, 5) is 0. The second kappa shape index (κ2) is 15.9. The van der Waals surface area contributed by atoms with Gasteiger partial charge in [0.1, 0.15) is 0 Å². The van der Waals surface area contributed by atoms with Gasteiger partial charge in [-0.05, 0) is 11.8 Å². The van der Waals surface area contributed by atoms with Crippen LogP contribution in [0.4, 0.5) is 0 Å². The van der Waals surface area contributed by atoms with E-state index in [1.807, 2.05) is 0 Å². The largest absolute Gasteiger partial charge is 4.00 e. The van der Waals surface area contributed by atoms with E-state index in [4.69, 9.17) is 0 Å². The molecule has 0 nitrogen and oxygen atoms in total.